The molecule has 0 aliphatic heterocycles. The Labute approximate surface area is 330 Å². The summed E-state index contributed by atoms with van der Waals surface area (Å²) in [6.07, 6.45) is 15.8. The zero-order chi connectivity index (χ0) is 39.8. The molecule has 0 bridgehead atoms. The Balaban J connectivity index is 0.00000181. The second kappa shape index (κ2) is 22.7. The lowest BCUT2D eigenvalue weighted by Gasteiger charge is -2.30. The Morgan fingerprint density at radius 1 is 0.528 bits per heavy atom. The maximum atomic E-state index is 2.48. The molecule has 2 atom stereocenters. The number of hydrogen-bond donors (Lipinski definition) is 0. The summed E-state index contributed by atoms with van der Waals surface area (Å²) in [6, 6.07) is 24.3. The molecule has 0 radical (unpaired) electrons. The summed E-state index contributed by atoms with van der Waals surface area (Å²) in [4.78, 5) is 0. The lowest BCUT2D eigenvalue weighted by Crippen LogP contribution is -2.33. The fourth-order valence-electron chi connectivity index (χ4n) is 7.81. The third-order valence-corrected chi connectivity index (χ3v) is 12.7. The van der Waals surface area contributed by atoms with E-state index in [4.69, 9.17) is 0 Å². The third-order valence-electron chi connectivity index (χ3n) is 12.7. The largest absolute Gasteiger partial charge is 0.0651 e. The normalized spacial score (nSPS) is 15.2. The molecule has 0 aromatic heterocycles. The summed E-state index contributed by atoms with van der Waals surface area (Å²) >= 11 is 0. The second-order valence-corrected chi connectivity index (χ2v) is 18.1. The van der Waals surface area contributed by atoms with E-state index in [0.717, 1.165) is 37.0 Å². The molecule has 0 N–H and O–H groups in total. The van der Waals surface area contributed by atoms with Gasteiger partial charge >= 0.3 is 0 Å². The van der Waals surface area contributed by atoms with Gasteiger partial charge < -0.3 is 0 Å². The lowest BCUT2D eigenvalue weighted by atomic mass is 9.75. The minimum absolute atomic E-state index is 0.231. The average Bonchev–Trinajstić information content (AvgIpc) is 3.16. The summed E-state index contributed by atoms with van der Waals surface area (Å²) < 4.78 is 0. The highest BCUT2D eigenvalue weighted by Crippen LogP contribution is 2.36. The van der Waals surface area contributed by atoms with Crippen LogP contribution in [-0.2, 0) is 10.8 Å². The van der Waals surface area contributed by atoms with Gasteiger partial charge in [-0.05, 0) is 124 Å². The van der Waals surface area contributed by atoms with Crippen molar-refractivity contribution < 1.29 is 0 Å². The van der Waals surface area contributed by atoms with Crippen molar-refractivity contribution in [1.29, 1.82) is 0 Å². The molecule has 3 rings (SSSR count). The van der Waals surface area contributed by atoms with Gasteiger partial charge in [0.05, 0.1) is 0 Å². The van der Waals surface area contributed by atoms with E-state index in [1.54, 1.807) is 5.57 Å². The van der Waals surface area contributed by atoms with E-state index in [1.807, 2.05) is 0 Å². The summed E-state index contributed by atoms with van der Waals surface area (Å²) in [5.74, 6) is 2.43. The molecule has 0 heteroatoms. The maximum Gasteiger partial charge on any atom is -0.00779 e. The Morgan fingerprint density at radius 2 is 0.925 bits per heavy atom. The molecule has 0 saturated carbocycles. The zero-order valence-corrected chi connectivity index (χ0v) is 37.7. The number of rotatable bonds is 19. The molecule has 3 aromatic carbocycles. The summed E-state index contributed by atoms with van der Waals surface area (Å²) in [5.41, 5.74) is 12.0. The van der Waals surface area contributed by atoms with Gasteiger partial charge in [0, 0.05) is 0 Å². The highest BCUT2D eigenvalue weighted by Gasteiger charge is 2.26. The van der Waals surface area contributed by atoms with Crippen molar-refractivity contribution in [3.05, 3.63) is 82.2 Å². The van der Waals surface area contributed by atoms with Crippen LogP contribution in [0, 0.1) is 17.8 Å². The lowest BCUT2D eigenvalue weighted by molar-refractivity contribution is 0.382. The van der Waals surface area contributed by atoms with Crippen molar-refractivity contribution in [2.45, 2.75) is 198 Å². The molecule has 3 aromatic rings. The first-order chi connectivity index (χ1) is 25.1. The van der Waals surface area contributed by atoms with Crippen LogP contribution in [0.15, 0.2) is 60.7 Å². The van der Waals surface area contributed by atoms with Crippen molar-refractivity contribution >= 4 is 11.1 Å². The quantitative estimate of drug-likeness (QED) is 0.116. The first-order valence-corrected chi connectivity index (χ1v) is 22.2. The van der Waals surface area contributed by atoms with Crippen LogP contribution in [-0.4, -0.2) is 0 Å². The zero-order valence-electron chi connectivity index (χ0n) is 37.7. The predicted molar refractivity (Wildman–Crippen MR) is 242 cm³/mol. The number of benzene rings is 3. The molecule has 296 valence electrons. The van der Waals surface area contributed by atoms with Gasteiger partial charge in [0.15, 0.2) is 0 Å². The highest BCUT2D eigenvalue weighted by molar-refractivity contribution is 5.77. The minimum Gasteiger partial charge on any atom is -0.0651 e. The van der Waals surface area contributed by atoms with Gasteiger partial charge in [0.1, 0.15) is 0 Å². The molecule has 53 heavy (non-hydrogen) atoms. The Kier molecular flexibility index (Phi) is 19.9. The molecule has 0 aliphatic carbocycles. The van der Waals surface area contributed by atoms with Gasteiger partial charge in [-0.3, -0.25) is 0 Å². The molecule has 0 spiro atoms. The van der Waals surface area contributed by atoms with Crippen molar-refractivity contribution in [3.63, 3.8) is 0 Å². The van der Waals surface area contributed by atoms with E-state index >= 15 is 0 Å². The fourth-order valence-corrected chi connectivity index (χ4v) is 7.81. The Morgan fingerprint density at radius 3 is 1.23 bits per heavy atom. The summed E-state index contributed by atoms with van der Waals surface area (Å²) in [7, 11) is 0. The Bertz CT molecular complexity index is 1600. The van der Waals surface area contributed by atoms with Crippen LogP contribution in [0.1, 0.15) is 198 Å². The molecule has 0 heterocycles. The Hall–Kier alpha value is -2.60. The van der Waals surface area contributed by atoms with Crippen LogP contribution < -0.4 is 10.4 Å². The van der Waals surface area contributed by atoms with Gasteiger partial charge in [-0.2, -0.15) is 0 Å². The second-order valence-electron chi connectivity index (χ2n) is 18.1. The summed E-state index contributed by atoms with van der Waals surface area (Å²) in [6.45, 7) is 35.1. The van der Waals surface area contributed by atoms with E-state index < -0.39 is 0 Å². The maximum absolute atomic E-state index is 2.48. The predicted octanol–water partition coefficient (Wildman–Crippen LogP) is 16.0. The molecule has 0 amide bonds. The van der Waals surface area contributed by atoms with Crippen LogP contribution in [0.3, 0.4) is 0 Å². The van der Waals surface area contributed by atoms with Crippen molar-refractivity contribution in [1.82, 2.24) is 0 Å². The number of hydrogen-bond acceptors (Lipinski definition) is 0. The summed E-state index contributed by atoms with van der Waals surface area (Å²) in [5, 5.41) is 2.97. The van der Waals surface area contributed by atoms with E-state index in [9.17, 15) is 0 Å². The van der Waals surface area contributed by atoms with Gasteiger partial charge in [-0.25, -0.2) is 0 Å². The third kappa shape index (κ3) is 13.3. The molecule has 0 nitrogen and oxygen atoms in total. The molecule has 0 saturated heterocycles. The van der Waals surface area contributed by atoms with Crippen molar-refractivity contribution in [3.8, 4) is 22.3 Å². The van der Waals surface area contributed by atoms with E-state index in [-0.39, 0.29) is 10.8 Å². The first-order valence-electron chi connectivity index (χ1n) is 22.2. The van der Waals surface area contributed by atoms with Crippen LogP contribution in [0.4, 0.5) is 0 Å². The molecule has 0 aliphatic rings. The molecular weight excluding hydrogens is 637 g/mol. The molecule has 0 fully saturated rings. The van der Waals surface area contributed by atoms with Crippen LogP contribution in [0.25, 0.3) is 33.4 Å². The molecular formula is C53H84. The first kappa shape index (κ1) is 46.6. The van der Waals surface area contributed by atoms with Crippen molar-refractivity contribution in [2.75, 3.05) is 0 Å². The van der Waals surface area contributed by atoms with E-state index in [2.05, 4.69) is 165 Å². The minimum atomic E-state index is 0.231. The average molecular weight is 721 g/mol. The van der Waals surface area contributed by atoms with Gasteiger partial charge in [0.25, 0.3) is 0 Å². The fraction of sp³-hybridized carbons (Fsp3) is 0.623. The van der Waals surface area contributed by atoms with E-state index in [1.165, 1.54) is 114 Å². The highest BCUT2D eigenvalue weighted by atomic mass is 14.3. The van der Waals surface area contributed by atoms with Gasteiger partial charge in [-0.15, -0.1) is 0 Å². The van der Waals surface area contributed by atoms with Crippen molar-refractivity contribution in [2.24, 2.45) is 17.8 Å². The van der Waals surface area contributed by atoms with Crippen LogP contribution in [0.5, 0.6) is 0 Å². The molecule has 2 unspecified atom stereocenters. The topological polar surface area (TPSA) is 0 Å². The standard InChI is InChI=1S/C48H72.C5H12/c1-13-20-38(15-3)46-44(40-25-29-42(30-26-40)48(12,17-5)34-19-22-36(8)9)32-31-43(45(46)37(10)14-2)39-23-27-41(28-24-39)47(11,16-4)33-18-21-35(6)7;1-4-5(2)3/h23-32,35-36H,13-22,33-34H2,1-12H3;5H,4H2,1-3H3/b45-37+,46-38-;. The monoisotopic (exact) mass is 721 g/mol. The van der Waals surface area contributed by atoms with Gasteiger partial charge in [-0.1, -0.05) is 207 Å². The van der Waals surface area contributed by atoms with E-state index in [0.29, 0.717) is 0 Å². The SMILES string of the molecule is CCC(C)C.CCC/C(CC)=c1/c(-c2ccc(C(C)(CC)CCCC(C)C)cc2)ccc(-c2ccc(C(C)(CC)CCCC(C)C)cc2)/c1=C(/C)CC. The van der Waals surface area contributed by atoms with Gasteiger partial charge in [0.2, 0.25) is 0 Å². The van der Waals surface area contributed by atoms with Crippen LogP contribution in [0.2, 0.25) is 0 Å². The van der Waals surface area contributed by atoms with Crippen LogP contribution >= 0.6 is 0 Å². The smallest absolute Gasteiger partial charge is 0.00779 e.